The molecule has 0 aliphatic heterocycles. The van der Waals surface area contributed by atoms with Gasteiger partial charge in [0, 0.05) is 6.07 Å². The van der Waals surface area contributed by atoms with Gasteiger partial charge >= 0.3 is 0 Å². The molecule has 0 aliphatic rings. The van der Waals surface area contributed by atoms with E-state index in [-0.39, 0.29) is 18.5 Å². The molecule has 3 nitrogen and oxygen atoms in total. The van der Waals surface area contributed by atoms with Gasteiger partial charge in [-0.15, -0.1) is 0 Å². The Labute approximate surface area is 101 Å². The molecule has 0 aliphatic carbocycles. The minimum Gasteiger partial charge on any atom is -0.490 e. The number of nitrogens with zero attached hydrogens (tertiary/aromatic N) is 1. The van der Waals surface area contributed by atoms with Crippen LogP contribution in [0.4, 0.5) is 4.39 Å². The van der Waals surface area contributed by atoms with Crippen molar-refractivity contribution >= 4 is 0 Å². The molecule has 0 bridgehead atoms. The van der Waals surface area contributed by atoms with Gasteiger partial charge < -0.3 is 4.74 Å². The van der Waals surface area contributed by atoms with Gasteiger partial charge in [-0.1, -0.05) is 13.0 Å². The van der Waals surface area contributed by atoms with Gasteiger partial charge in [0.2, 0.25) is 0 Å². The van der Waals surface area contributed by atoms with Gasteiger partial charge in [0.05, 0.1) is 6.07 Å². The summed E-state index contributed by atoms with van der Waals surface area (Å²) in [5, 5.41) is 11.9. The van der Waals surface area contributed by atoms with E-state index in [1.807, 2.05) is 13.8 Å². The van der Waals surface area contributed by atoms with Crippen molar-refractivity contribution in [2.24, 2.45) is 0 Å². The lowest BCUT2D eigenvalue weighted by Crippen LogP contribution is -2.33. The van der Waals surface area contributed by atoms with Crippen LogP contribution in [0.1, 0.15) is 18.9 Å². The third-order valence-corrected chi connectivity index (χ3v) is 2.35. The number of nitrogens with one attached hydrogen (secondary N) is 1. The maximum absolute atomic E-state index is 13.0. The highest BCUT2D eigenvalue weighted by molar-refractivity contribution is 5.32. The molecule has 1 aromatic carbocycles. The molecule has 92 valence electrons. The highest BCUT2D eigenvalue weighted by Crippen LogP contribution is 2.18. The fourth-order valence-electron chi connectivity index (χ4n) is 1.36. The number of aryl methyl sites for hydroxylation is 1. The number of rotatable bonds is 6. The van der Waals surface area contributed by atoms with Crippen molar-refractivity contribution in [1.29, 1.82) is 5.26 Å². The second-order valence-electron chi connectivity index (χ2n) is 3.86. The predicted molar refractivity (Wildman–Crippen MR) is 64.3 cm³/mol. The molecule has 0 radical (unpaired) electrons. The number of benzene rings is 1. The van der Waals surface area contributed by atoms with Crippen LogP contribution in [0.3, 0.4) is 0 Å². The molecule has 0 amide bonds. The molecular formula is C13H17FN2O. The summed E-state index contributed by atoms with van der Waals surface area (Å²) in [6.45, 7) is 4.86. The summed E-state index contributed by atoms with van der Waals surface area (Å²) in [5.74, 6) is 0.157. The van der Waals surface area contributed by atoms with Gasteiger partial charge in [0.1, 0.15) is 24.2 Å². The lowest BCUT2D eigenvalue weighted by Gasteiger charge is -2.13. The molecule has 1 rings (SSSR count). The van der Waals surface area contributed by atoms with Gasteiger partial charge in [-0.3, -0.25) is 5.32 Å². The standard InChI is InChI=1S/C13H17FN2O/c1-3-6-16-12(8-15)9-17-13-7-11(14)5-4-10(13)2/h4-5,7,12,16H,3,6,9H2,1-2H3. The smallest absolute Gasteiger partial charge is 0.130 e. The maximum atomic E-state index is 13.0. The molecule has 0 saturated carbocycles. The Bertz CT molecular complexity index is 401. The first-order valence-corrected chi connectivity index (χ1v) is 5.69. The number of hydrogen-bond acceptors (Lipinski definition) is 3. The minimum absolute atomic E-state index is 0.223. The zero-order valence-electron chi connectivity index (χ0n) is 10.2. The Morgan fingerprint density at radius 3 is 2.94 bits per heavy atom. The lowest BCUT2D eigenvalue weighted by atomic mass is 10.2. The van der Waals surface area contributed by atoms with E-state index in [1.54, 1.807) is 6.07 Å². The van der Waals surface area contributed by atoms with Gasteiger partial charge in [-0.2, -0.15) is 5.26 Å². The normalized spacial score (nSPS) is 11.9. The van der Waals surface area contributed by atoms with E-state index in [1.165, 1.54) is 12.1 Å². The maximum Gasteiger partial charge on any atom is 0.130 e. The van der Waals surface area contributed by atoms with E-state index in [4.69, 9.17) is 10.00 Å². The monoisotopic (exact) mass is 236 g/mol. The first-order valence-electron chi connectivity index (χ1n) is 5.69. The van der Waals surface area contributed by atoms with E-state index in [2.05, 4.69) is 11.4 Å². The Morgan fingerprint density at radius 2 is 2.29 bits per heavy atom. The second kappa shape index (κ2) is 6.87. The molecule has 0 fully saturated rings. The molecule has 0 spiro atoms. The van der Waals surface area contributed by atoms with Crippen molar-refractivity contribution in [2.75, 3.05) is 13.2 Å². The van der Waals surface area contributed by atoms with E-state index in [0.29, 0.717) is 5.75 Å². The number of halogens is 1. The molecule has 0 aromatic heterocycles. The summed E-state index contributed by atoms with van der Waals surface area (Å²) in [5.41, 5.74) is 0.860. The van der Waals surface area contributed by atoms with E-state index < -0.39 is 0 Å². The van der Waals surface area contributed by atoms with E-state index in [9.17, 15) is 4.39 Å². The van der Waals surface area contributed by atoms with Crippen LogP contribution in [-0.2, 0) is 0 Å². The third kappa shape index (κ3) is 4.41. The van der Waals surface area contributed by atoms with Crippen molar-refractivity contribution in [3.05, 3.63) is 29.6 Å². The van der Waals surface area contributed by atoms with Crippen LogP contribution in [0.5, 0.6) is 5.75 Å². The van der Waals surface area contributed by atoms with Crippen LogP contribution in [0, 0.1) is 24.1 Å². The Hall–Kier alpha value is -1.60. The number of nitriles is 1. The summed E-state index contributed by atoms with van der Waals surface area (Å²) in [7, 11) is 0. The molecule has 0 saturated heterocycles. The summed E-state index contributed by atoms with van der Waals surface area (Å²) in [6.07, 6.45) is 0.956. The van der Waals surface area contributed by atoms with Gasteiger partial charge in [-0.05, 0) is 31.5 Å². The molecule has 4 heteroatoms. The van der Waals surface area contributed by atoms with Crippen LogP contribution in [0.2, 0.25) is 0 Å². The van der Waals surface area contributed by atoms with Gasteiger partial charge in [0.15, 0.2) is 0 Å². The molecule has 17 heavy (non-hydrogen) atoms. The summed E-state index contributed by atoms with van der Waals surface area (Å²) < 4.78 is 18.4. The molecule has 0 heterocycles. The van der Waals surface area contributed by atoms with Crippen LogP contribution >= 0.6 is 0 Å². The van der Waals surface area contributed by atoms with Crippen molar-refractivity contribution in [1.82, 2.24) is 5.32 Å². The zero-order chi connectivity index (χ0) is 12.7. The minimum atomic E-state index is -0.363. The van der Waals surface area contributed by atoms with Crippen molar-refractivity contribution in [2.45, 2.75) is 26.3 Å². The topological polar surface area (TPSA) is 45.0 Å². The first kappa shape index (κ1) is 13.5. The van der Waals surface area contributed by atoms with Crippen LogP contribution in [-0.4, -0.2) is 19.2 Å². The largest absolute Gasteiger partial charge is 0.490 e. The Balaban J connectivity index is 2.54. The molecule has 1 unspecified atom stereocenters. The quantitative estimate of drug-likeness (QED) is 0.825. The Morgan fingerprint density at radius 1 is 1.53 bits per heavy atom. The van der Waals surface area contributed by atoms with E-state index >= 15 is 0 Å². The highest BCUT2D eigenvalue weighted by atomic mass is 19.1. The average molecular weight is 236 g/mol. The summed E-state index contributed by atoms with van der Waals surface area (Å²) in [6, 6.07) is 6.13. The van der Waals surface area contributed by atoms with Crippen molar-refractivity contribution in [3.63, 3.8) is 0 Å². The molecular weight excluding hydrogens is 219 g/mol. The van der Waals surface area contributed by atoms with Crippen LogP contribution < -0.4 is 10.1 Å². The van der Waals surface area contributed by atoms with Gasteiger partial charge in [0.25, 0.3) is 0 Å². The van der Waals surface area contributed by atoms with Gasteiger partial charge in [-0.25, -0.2) is 4.39 Å². The summed E-state index contributed by atoms with van der Waals surface area (Å²) >= 11 is 0. The first-order chi connectivity index (χ1) is 8.17. The van der Waals surface area contributed by atoms with E-state index in [0.717, 1.165) is 18.5 Å². The average Bonchev–Trinajstić information content (AvgIpc) is 2.33. The highest BCUT2D eigenvalue weighted by Gasteiger charge is 2.08. The lowest BCUT2D eigenvalue weighted by molar-refractivity contribution is 0.286. The van der Waals surface area contributed by atoms with Crippen LogP contribution in [0.15, 0.2) is 18.2 Å². The fraction of sp³-hybridized carbons (Fsp3) is 0.462. The zero-order valence-corrected chi connectivity index (χ0v) is 10.2. The number of hydrogen-bond donors (Lipinski definition) is 1. The SMILES string of the molecule is CCCNC(C#N)COc1cc(F)ccc1C. The van der Waals surface area contributed by atoms with Crippen LogP contribution in [0.25, 0.3) is 0 Å². The summed E-state index contributed by atoms with van der Waals surface area (Å²) in [4.78, 5) is 0. The van der Waals surface area contributed by atoms with Crippen molar-refractivity contribution < 1.29 is 9.13 Å². The number of ether oxygens (including phenoxy) is 1. The Kier molecular flexibility index (Phi) is 5.44. The predicted octanol–water partition coefficient (Wildman–Crippen LogP) is 2.40. The third-order valence-electron chi connectivity index (χ3n) is 2.35. The fourth-order valence-corrected chi connectivity index (χ4v) is 1.36. The molecule has 1 aromatic rings. The second-order valence-corrected chi connectivity index (χ2v) is 3.86. The molecule has 1 atom stereocenters. The molecule has 1 N–H and O–H groups in total. The van der Waals surface area contributed by atoms with Crippen molar-refractivity contribution in [3.8, 4) is 11.8 Å².